The summed E-state index contributed by atoms with van der Waals surface area (Å²) < 4.78 is 1.02. The molecule has 1 aromatic rings. The molecule has 0 radical (unpaired) electrons. The fourth-order valence-electron chi connectivity index (χ4n) is 2.39. The van der Waals surface area contributed by atoms with Gasteiger partial charge in [0.2, 0.25) is 0 Å². The Hall–Kier alpha value is -0.830. The van der Waals surface area contributed by atoms with Crippen molar-refractivity contribution in [2.45, 2.75) is 19.8 Å². The van der Waals surface area contributed by atoms with Crippen molar-refractivity contribution >= 4 is 21.9 Å². The second kappa shape index (κ2) is 3.34. The Labute approximate surface area is 97.4 Å². The number of benzene rings is 1. The highest BCUT2D eigenvalue weighted by atomic mass is 79.9. The van der Waals surface area contributed by atoms with E-state index in [2.05, 4.69) is 15.9 Å². The van der Waals surface area contributed by atoms with E-state index in [9.17, 15) is 4.79 Å². The van der Waals surface area contributed by atoms with Crippen molar-refractivity contribution in [3.63, 3.8) is 0 Å². The standard InChI is InChI=1S/C12H13BrO2/c1-12(2)9(10(12)11(14)15)7-3-5-8(13)6-4-7/h3-6,9-10H,1-2H3,(H,14,15)/t9-,10+/m1/s1. The van der Waals surface area contributed by atoms with Gasteiger partial charge in [0.1, 0.15) is 0 Å². The van der Waals surface area contributed by atoms with Crippen molar-refractivity contribution in [2.75, 3.05) is 0 Å². The summed E-state index contributed by atoms with van der Waals surface area (Å²) >= 11 is 3.37. The molecule has 0 saturated heterocycles. The Kier molecular flexibility index (Phi) is 2.38. The summed E-state index contributed by atoms with van der Waals surface area (Å²) in [6, 6.07) is 7.92. The number of carboxylic acid groups (broad SMARTS) is 1. The molecular formula is C12H13BrO2. The van der Waals surface area contributed by atoms with E-state index in [-0.39, 0.29) is 17.3 Å². The lowest BCUT2D eigenvalue weighted by Gasteiger charge is -2.02. The van der Waals surface area contributed by atoms with Crippen LogP contribution >= 0.6 is 15.9 Å². The second-order valence-electron chi connectivity index (χ2n) is 4.67. The molecule has 2 nitrogen and oxygen atoms in total. The third kappa shape index (κ3) is 1.69. The van der Waals surface area contributed by atoms with Crippen LogP contribution in [0.1, 0.15) is 25.3 Å². The number of hydrogen-bond acceptors (Lipinski definition) is 1. The molecule has 1 aliphatic carbocycles. The minimum Gasteiger partial charge on any atom is -0.481 e. The number of halogens is 1. The summed E-state index contributed by atoms with van der Waals surface area (Å²) in [7, 11) is 0. The first-order valence-corrected chi connectivity index (χ1v) is 5.72. The predicted octanol–water partition coefficient (Wildman–Crippen LogP) is 3.27. The summed E-state index contributed by atoms with van der Waals surface area (Å²) in [6.07, 6.45) is 0. The first kappa shape index (κ1) is 10.7. The lowest BCUT2D eigenvalue weighted by molar-refractivity contribution is -0.139. The van der Waals surface area contributed by atoms with E-state index in [0.29, 0.717) is 0 Å². The quantitative estimate of drug-likeness (QED) is 0.894. The Morgan fingerprint density at radius 1 is 1.33 bits per heavy atom. The van der Waals surface area contributed by atoms with Crippen molar-refractivity contribution < 1.29 is 9.90 Å². The summed E-state index contributed by atoms with van der Waals surface area (Å²) in [6.45, 7) is 4.02. The number of aliphatic carboxylic acids is 1. The molecule has 1 N–H and O–H groups in total. The average molecular weight is 269 g/mol. The molecule has 2 atom stereocenters. The third-order valence-electron chi connectivity index (χ3n) is 3.32. The maximum Gasteiger partial charge on any atom is 0.307 e. The van der Waals surface area contributed by atoms with Crippen molar-refractivity contribution in [3.8, 4) is 0 Å². The van der Waals surface area contributed by atoms with Crippen molar-refractivity contribution in [1.29, 1.82) is 0 Å². The summed E-state index contributed by atoms with van der Waals surface area (Å²) in [5.41, 5.74) is 1.01. The molecule has 0 aliphatic heterocycles. The van der Waals surface area contributed by atoms with E-state index in [4.69, 9.17) is 5.11 Å². The number of hydrogen-bond donors (Lipinski definition) is 1. The van der Waals surface area contributed by atoms with Gasteiger partial charge < -0.3 is 5.11 Å². The number of carboxylic acids is 1. The number of carbonyl (C=O) groups is 1. The molecule has 1 aromatic carbocycles. The minimum atomic E-state index is -0.687. The van der Waals surface area contributed by atoms with E-state index in [1.165, 1.54) is 0 Å². The Morgan fingerprint density at radius 3 is 2.27 bits per heavy atom. The third-order valence-corrected chi connectivity index (χ3v) is 3.85. The highest BCUT2D eigenvalue weighted by Crippen LogP contribution is 2.64. The summed E-state index contributed by atoms with van der Waals surface area (Å²) in [4.78, 5) is 11.0. The first-order valence-electron chi connectivity index (χ1n) is 4.93. The first-order chi connectivity index (χ1) is 6.94. The van der Waals surface area contributed by atoms with E-state index in [0.717, 1.165) is 10.0 Å². The zero-order valence-corrected chi connectivity index (χ0v) is 10.3. The van der Waals surface area contributed by atoms with E-state index < -0.39 is 5.97 Å². The van der Waals surface area contributed by atoms with Crippen LogP contribution in [0.4, 0.5) is 0 Å². The topological polar surface area (TPSA) is 37.3 Å². The highest BCUT2D eigenvalue weighted by Gasteiger charge is 2.62. The number of rotatable bonds is 2. The maximum absolute atomic E-state index is 11.0. The highest BCUT2D eigenvalue weighted by molar-refractivity contribution is 9.10. The molecule has 0 spiro atoms. The van der Waals surface area contributed by atoms with E-state index >= 15 is 0 Å². The van der Waals surface area contributed by atoms with Gasteiger partial charge in [-0.05, 0) is 23.1 Å². The van der Waals surface area contributed by atoms with E-state index in [1.807, 2.05) is 38.1 Å². The van der Waals surface area contributed by atoms with Crippen LogP contribution in [0.25, 0.3) is 0 Å². The molecule has 1 fully saturated rings. The summed E-state index contributed by atoms with van der Waals surface area (Å²) in [5, 5.41) is 9.07. The smallest absolute Gasteiger partial charge is 0.307 e. The van der Waals surface area contributed by atoms with Gasteiger partial charge in [0, 0.05) is 10.4 Å². The molecule has 0 unspecified atom stereocenters. The molecule has 3 heteroatoms. The van der Waals surface area contributed by atoms with Gasteiger partial charge in [-0.3, -0.25) is 4.79 Å². The van der Waals surface area contributed by atoms with Crippen molar-refractivity contribution in [2.24, 2.45) is 11.3 Å². The van der Waals surface area contributed by atoms with Crippen LogP contribution in [-0.4, -0.2) is 11.1 Å². The zero-order valence-electron chi connectivity index (χ0n) is 8.70. The molecule has 0 aromatic heterocycles. The largest absolute Gasteiger partial charge is 0.481 e. The Bertz CT molecular complexity index is 395. The van der Waals surface area contributed by atoms with Gasteiger partial charge in [-0.15, -0.1) is 0 Å². The van der Waals surface area contributed by atoms with Gasteiger partial charge in [0.15, 0.2) is 0 Å². The SMILES string of the molecule is CC1(C)[C@H](C(=O)O)[C@H]1c1ccc(Br)cc1. The van der Waals surface area contributed by atoms with Crippen molar-refractivity contribution in [3.05, 3.63) is 34.3 Å². The lowest BCUT2D eigenvalue weighted by atomic mass is 10.0. The van der Waals surface area contributed by atoms with Gasteiger partial charge in [-0.2, -0.15) is 0 Å². The molecule has 80 valence electrons. The predicted molar refractivity (Wildman–Crippen MR) is 61.8 cm³/mol. The van der Waals surface area contributed by atoms with Crippen LogP contribution in [0.15, 0.2) is 28.7 Å². The zero-order chi connectivity index (χ0) is 11.2. The van der Waals surface area contributed by atoms with Gasteiger partial charge >= 0.3 is 5.97 Å². The molecule has 1 aliphatic rings. The fraction of sp³-hybridized carbons (Fsp3) is 0.417. The van der Waals surface area contributed by atoms with Crippen LogP contribution in [0.2, 0.25) is 0 Å². The fourth-order valence-corrected chi connectivity index (χ4v) is 2.66. The second-order valence-corrected chi connectivity index (χ2v) is 5.58. The molecule has 15 heavy (non-hydrogen) atoms. The normalized spacial score (nSPS) is 27.4. The van der Waals surface area contributed by atoms with Crippen LogP contribution in [-0.2, 0) is 4.79 Å². The van der Waals surface area contributed by atoms with Crippen LogP contribution in [0.5, 0.6) is 0 Å². The molecule has 0 bridgehead atoms. The van der Waals surface area contributed by atoms with Crippen molar-refractivity contribution in [1.82, 2.24) is 0 Å². The molecule has 2 rings (SSSR count). The van der Waals surface area contributed by atoms with Gasteiger partial charge in [-0.25, -0.2) is 0 Å². The molecule has 1 saturated carbocycles. The minimum absolute atomic E-state index is 0.111. The average Bonchev–Trinajstić information content (AvgIpc) is 2.70. The van der Waals surface area contributed by atoms with Crippen LogP contribution < -0.4 is 0 Å². The van der Waals surface area contributed by atoms with E-state index in [1.54, 1.807) is 0 Å². The Balaban J connectivity index is 2.27. The van der Waals surface area contributed by atoms with Gasteiger partial charge in [0.05, 0.1) is 5.92 Å². The monoisotopic (exact) mass is 268 g/mol. The van der Waals surface area contributed by atoms with Crippen LogP contribution in [0, 0.1) is 11.3 Å². The molecule has 0 heterocycles. The van der Waals surface area contributed by atoms with Gasteiger partial charge in [-0.1, -0.05) is 41.9 Å². The van der Waals surface area contributed by atoms with Crippen LogP contribution in [0.3, 0.4) is 0 Å². The molecule has 0 amide bonds. The molecular weight excluding hydrogens is 256 g/mol. The Morgan fingerprint density at radius 2 is 1.87 bits per heavy atom. The summed E-state index contributed by atoms with van der Waals surface area (Å²) in [5.74, 6) is -0.769. The maximum atomic E-state index is 11.0. The lowest BCUT2D eigenvalue weighted by Crippen LogP contribution is -2.03. The van der Waals surface area contributed by atoms with Gasteiger partial charge in [0.25, 0.3) is 0 Å².